The molecule has 0 aliphatic carbocycles. The zero-order valence-electron chi connectivity index (χ0n) is 12.1. The summed E-state index contributed by atoms with van der Waals surface area (Å²) in [6, 6.07) is 10.8. The Morgan fingerprint density at radius 2 is 1.79 bits per heavy atom. The van der Waals surface area contributed by atoms with Crippen LogP contribution in [0.2, 0.25) is 19.6 Å². The van der Waals surface area contributed by atoms with Crippen molar-refractivity contribution in [2.75, 3.05) is 0 Å². The van der Waals surface area contributed by atoms with Gasteiger partial charge in [0.1, 0.15) is 0 Å². The quantitative estimate of drug-likeness (QED) is 0.541. The Bertz CT molecular complexity index is 646. The average Bonchev–Trinajstić information content (AvgIpc) is 2.52. The molecule has 1 aromatic carbocycles. The molecule has 2 aromatic rings. The molecular weight excluding hydrogens is 241 g/mol. The molecule has 92 valence electrons. The molecule has 3 rings (SSSR count). The van der Waals surface area contributed by atoms with E-state index in [2.05, 4.69) is 79.0 Å². The van der Waals surface area contributed by atoms with Gasteiger partial charge in [-0.1, -0.05) is 44.0 Å². The van der Waals surface area contributed by atoms with Gasteiger partial charge in [-0.3, -0.25) is 0 Å². The van der Waals surface area contributed by atoms with Crippen molar-refractivity contribution in [2.24, 2.45) is 0 Å². The second-order valence-electron chi connectivity index (χ2n) is 5.85. The first-order valence-electron chi connectivity index (χ1n) is 6.39. The Morgan fingerprint density at radius 1 is 1.05 bits per heavy atom. The van der Waals surface area contributed by atoms with Gasteiger partial charge in [0.25, 0.3) is 0 Å². The van der Waals surface area contributed by atoms with Crippen molar-refractivity contribution in [1.29, 1.82) is 0 Å². The molecule has 1 nitrogen and oxygen atoms in total. The van der Waals surface area contributed by atoms with E-state index in [-0.39, 0.29) is 18.9 Å². The van der Waals surface area contributed by atoms with Gasteiger partial charge in [0.2, 0.25) is 0 Å². The molecule has 1 aromatic heterocycles. The van der Waals surface area contributed by atoms with E-state index in [9.17, 15) is 0 Å². The van der Waals surface area contributed by atoms with Gasteiger partial charge in [-0.15, -0.1) is 6.08 Å². The second kappa shape index (κ2) is 5.13. The van der Waals surface area contributed by atoms with Crippen molar-refractivity contribution in [3.8, 4) is 0 Å². The van der Waals surface area contributed by atoms with Crippen LogP contribution in [0.25, 0.3) is 23.2 Å². The average molecular weight is 259 g/mol. The van der Waals surface area contributed by atoms with Crippen LogP contribution in [0.15, 0.2) is 42.5 Å². The largest absolute Gasteiger partial charge is 1.00 e. The number of nitrogens with zero attached hydrogens (tertiary/aromatic N) is 1. The maximum absolute atomic E-state index is 2.38. The summed E-state index contributed by atoms with van der Waals surface area (Å²) in [6.07, 6.45) is 9.03. The minimum Gasteiger partial charge on any atom is -0.381 e. The fraction of sp³-hybridized carbons (Fsp3) is 0.188. The first-order valence-corrected chi connectivity index (χ1v) is 9.89. The molecule has 0 saturated heterocycles. The second-order valence-corrected chi connectivity index (χ2v) is 10.9. The molecule has 0 N–H and O–H groups in total. The van der Waals surface area contributed by atoms with Gasteiger partial charge >= 0.3 is 18.9 Å². The predicted molar refractivity (Wildman–Crippen MR) is 82.9 cm³/mol. The van der Waals surface area contributed by atoms with Crippen molar-refractivity contribution in [3.63, 3.8) is 0 Å². The van der Waals surface area contributed by atoms with Crippen LogP contribution in [-0.4, -0.2) is 12.6 Å². The number of aromatic nitrogens is 1. The number of fused-ring (bicyclic) bond motifs is 3. The molecule has 0 fully saturated rings. The van der Waals surface area contributed by atoms with Gasteiger partial charge in [-0.25, -0.2) is 0 Å². The molecule has 0 unspecified atom stereocenters. The molecule has 1 aliphatic heterocycles. The molecule has 3 heteroatoms. The molecular formula is C16H18LiNSi. The van der Waals surface area contributed by atoms with Gasteiger partial charge in [-0.05, 0) is 23.2 Å². The Balaban J connectivity index is 0.00000133. The van der Waals surface area contributed by atoms with E-state index in [4.69, 9.17) is 0 Å². The van der Waals surface area contributed by atoms with Gasteiger partial charge in [0.05, 0.1) is 0 Å². The Kier molecular flexibility index (Phi) is 3.87. The van der Waals surface area contributed by atoms with Crippen LogP contribution in [0, 0.1) is 5.54 Å². The van der Waals surface area contributed by atoms with Gasteiger partial charge in [0.15, 0.2) is 0 Å². The van der Waals surface area contributed by atoms with E-state index in [1.807, 2.05) is 0 Å². The summed E-state index contributed by atoms with van der Waals surface area (Å²) in [5.41, 5.74) is 4.04. The topological polar surface area (TPSA) is 4.93 Å². The van der Waals surface area contributed by atoms with E-state index in [0.29, 0.717) is 0 Å². The standard InChI is InChI=1S/C16H18NSi.Li/c1-18(2,3)15-9-8-14-12-13-6-4-5-7-16(13)17(14)11-10-15;/h4-12H,1-3H3;/q-1;+1. The van der Waals surface area contributed by atoms with Crippen molar-refractivity contribution >= 4 is 31.3 Å². The van der Waals surface area contributed by atoms with Crippen molar-refractivity contribution in [1.82, 2.24) is 4.57 Å². The summed E-state index contributed by atoms with van der Waals surface area (Å²) in [5, 5.41) is 1.30. The molecule has 0 radical (unpaired) electrons. The minimum atomic E-state index is -1.24. The van der Waals surface area contributed by atoms with E-state index >= 15 is 0 Å². The van der Waals surface area contributed by atoms with Crippen LogP contribution in [-0.2, 0) is 0 Å². The van der Waals surface area contributed by atoms with Crippen LogP contribution in [0.3, 0.4) is 0 Å². The van der Waals surface area contributed by atoms with Crippen LogP contribution in [0.5, 0.6) is 0 Å². The fourth-order valence-corrected chi connectivity index (χ4v) is 3.54. The molecule has 0 amide bonds. The Labute approximate surface area is 128 Å². The first kappa shape index (κ1) is 14.3. The van der Waals surface area contributed by atoms with Gasteiger partial charge < -0.3 is 4.57 Å². The molecule has 0 saturated carbocycles. The summed E-state index contributed by atoms with van der Waals surface area (Å²) in [4.78, 5) is 0. The van der Waals surface area contributed by atoms with Crippen molar-refractivity contribution in [3.05, 3.63) is 53.7 Å². The Morgan fingerprint density at radius 3 is 2.53 bits per heavy atom. The maximum Gasteiger partial charge on any atom is 1.00 e. The number of rotatable bonds is 1. The molecule has 19 heavy (non-hydrogen) atoms. The zero-order chi connectivity index (χ0) is 12.8. The predicted octanol–water partition coefficient (Wildman–Crippen LogP) is 1.59. The Hall–Kier alpha value is -1.08. The number of hydrogen-bond donors (Lipinski definition) is 0. The van der Waals surface area contributed by atoms with Crippen LogP contribution < -0.4 is 18.9 Å². The summed E-state index contributed by atoms with van der Waals surface area (Å²) in [5.74, 6) is 0. The minimum absolute atomic E-state index is 0. The van der Waals surface area contributed by atoms with E-state index in [0.717, 1.165) is 0 Å². The third kappa shape index (κ3) is 2.62. The van der Waals surface area contributed by atoms with Crippen LogP contribution in [0.1, 0.15) is 5.69 Å². The molecule has 2 heterocycles. The molecule has 0 atom stereocenters. The van der Waals surface area contributed by atoms with Crippen LogP contribution >= 0.6 is 0 Å². The summed E-state index contributed by atoms with van der Waals surface area (Å²) < 4.78 is 2.28. The normalized spacial score (nSPS) is 14.2. The third-order valence-corrected chi connectivity index (χ3v) is 5.55. The van der Waals surface area contributed by atoms with E-state index < -0.39 is 8.07 Å². The van der Waals surface area contributed by atoms with Gasteiger partial charge in [-0.2, -0.15) is 17.7 Å². The molecule has 0 spiro atoms. The maximum atomic E-state index is 2.38. The number of hydrogen-bond acceptors (Lipinski definition) is 0. The van der Waals surface area contributed by atoms with E-state index in [1.165, 1.54) is 22.1 Å². The van der Waals surface area contributed by atoms with Gasteiger partial charge in [0, 0.05) is 13.6 Å². The third-order valence-electron chi connectivity index (χ3n) is 3.48. The van der Waals surface area contributed by atoms with E-state index in [1.54, 1.807) is 0 Å². The smallest absolute Gasteiger partial charge is 0.381 e. The first-order chi connectivity index (χ1) is 8.55. The number of allylic oxidation sites excluding steroid dienone is 2. The summed E-state index contributed by atoms with van der Waals surface area (Å²) in [6.45, 7) is 7.15. The fourth-order valence-electron chi connectivity index (χ4n) is 2.38. The molecule has 0 bridgehead atoms. The van der Waals surface area contributed by atoms with Crippen LogP contribution in [0.4, 0.5) is 0 Å². The van der Waals surface area contributed by atoms with Crippen molar-refractivity contribution < 1.29 is 18.9 Å². The monoisotopic (exact) mass is 259 g/mol. The van der Waals surface area contributed by atoms with Crippen molar-refractivity contribution in [2.45, 2.75) is 19.6 Å². The number of para-hydroxylation sites is 1. The molecule has 1 aliphatic rings. The zero-order valence-corrected chi connectivity index (χ0v) is 13.1. The summed E-state index contributed by atoms with van der Waals surface area (Å²) in [7, 11) is -1.24. The summed E-state index contributed by atoms with van der Waals surface area (Å²) >= 11 is 0. The number of benzene rings is 1. The SMILES string of the molecule is C[Si](C)(C)[C-]1C=Cc2cc3ccccc3n2C=C1.[Li+].